The Labute approximate surface area is 114 Å². The summed E-state index contributed by atoms with van der Waals surface area (Å²) in [5.74, 6) is -5.08. The first kappa shape index (κ1) is 14.9. The van der Waals surface area contributed by atoms with Gasteiger partial charge in [-0.3, -0.25) is 4.79 Å². The number of rotatable bonds is 2. The van der Waals surface area contributed by atoms with Gasteiger partial charge in [0.2, 0.25) is 0 Å². The molecule has 2 rings (SSSR count). The number of carboxylic acid groups (broad SMARTS) is 1. The molecule has 0 spiro atoms. The maximum Gasteiger partial charge on any atom is 0.394 e. The zero-order valence-corrected chi connectivity index (χ0v) is 10.8. The highest BCUT2D eigenvalue weighted by Gasteiger charge is 2.53. The quantitative estimate of drug-likeness (QED) is 0.816. The fourth-order valence-corrected chi connectivity index (χ4v) is 2.89. The molecule has 0 aromatic rings. The number of amides is 2. The molecule has 2 fully saturated rings. The van der Waals surface area contributed by atoms with Crippen LogP contribution in [0, 0.1) is 11.8 Å². The number of aliphatic carboxylic acids is 1. The van der Waals surface area contributed by atoms with Gasteiger partial charge in [-0.05, 0) is 12.8 Å². The molecule has 0 radical (unpaired) electrons. The summed E-state index contributed by atoms with van der Waals surface area (Å²) in [5.41, 5.74) is 0. The molecule has 0 aromatic heterocycles. The highest BCUT2D eigenvalue weighted by Crippen LogP contribution is 2.37. The number of carbonyl (C=O) groups is 2. The smallest absolute Gasteiger partial charge is 0.394 e. The van der Waals surface area contributed by atoms with E-state index >= 15 is 0 Å². The van der Waals surface area contributed by atoms with Crippen molar-refractivity contribution in [3.8, 4) is 0 Å². The van der Waals surface area contributed by atoms with E-state index in [0.29, 0.717) is 0 Å². The average molecular weight is 294 g/mol. The minimum atomic E-state index is -4.61. The first-order valence-corrected chi connectivity index (χ1v) is 6.64. The minimum absolute atomic E-state index is 0.00397. The second kappa shape index (κ2) is 5.49. The standard InChI is InChI=1S/C12H17F3N2O3/c13-12(14,15)9-6-17(5-8(9)10(18)19)11(20)16-7-3-1-2-4-7/h7-9H,1-6H2,(H,16,20)(H,18,19)/t8-,9-/m1/s1. The number of carbonyl (C=O) groups excluding carboxylic acids is 1. The summed E-state index contributed by atoms with van der Waals surface area (Å²) in [7, 11) is 0. The normalized spacial score (nSPS) is 27.9. The van der Waals surface area contributed by atoms with E-state index < -0.39 is 43.1 Å². The predicted molar refractivity (Wildman–Crippen MR) is 63.0 cm³/mol. The van der Waals surface area contributed by atoms with Crippen LogP contribution in [0.5, 0.6) is 0 Å². The van der Waals surface area contributed by atoms with Gasteiger partial charge in [0.15, 0.2) is 0 Å². The fraction of sp³-hybridized carbons (Fsp3) is 0.833. The van der Waals surface area contributed by atoms with Crippen LogP contribution in [0.1, 0.15) is 25.7 Å². The van der Waals surface area contributed by atoms with Crippen LogP contribution in [0.3, 0.4) is 0 Å². The summed E-state index contributed by atoms with van der Waals surface area (Å²) in [4.78, 5) is 23.8. The van der Waals surface area contributed by atoms with Crippen LogP contribution >= 0.6 is 0 Å². The van der Waals surface area contributed by atoms with Gasteiger partial charge in [0.1, 0.15) is 0 Å². The number of nitrogens with one attached hydrogen (secondary N) is 1. The lowest BCUT2D eigenvalue weighted by molar-refractivity contribution is -0.187. The van der Waals surface area contributed by atoms with Crippen LogP contribution in [-0.4, -0.2) is 47.3 Å². The molecule has 1 heterocycles. The summed E-state index contributed by atoms with van der Waals surface area (Å²) in [5, 5.41) is 11.6. The first-order valence-electron chi connectivity index (χ1n) is 6.64. The van der Waals surface area contributed by atoms with Gasteiger partial charge >= 0.3 is 18.2 Å². The molecule has 1 aliphatic carbocycles. The average Bonchev–Trinajstić information content (AvgIpc) is 2.95. The van der Waals surface area contributed by atoms with Crippen LogP contribution in [0.4, 0.5) is 18.0 Å². The van der Waals surface area contributed by atoms with Crippen molar-refractivity contribution in [3.05, 3.63) is 0 Å². The molecule has 2 N–H and O–H groups in total. The molecule has 114 valence electrons. The summed E-state index contributed by atoms with van der Waals surface area (Å²) in [6.07, 6.45) is -0.970. The van der Waals surface area contributed by atoms with Crippen molar-refractivity contribution in [2.75, 3.05) is 13.1 Å². The zero-order chi connectivity index (χ0) is 14.9. The molecule has 2 amide bonds. The van der Waals surface area contributed by atoms with Crippen molar-refractivity contribution in [2.24, 2.45) is 11.8 Å². The lowest BCUT2D eigenvalue weighted by Gasteiger charge is -2.21. The van der Waals surface area contributed by atoms with Gasteiger partial charge in [0.25, 0.3) is 0 Å². The Balaban J connectivity index is 1.99. The number of likely N-dealkylation sites (tertiary alicyclic amines) is 1. The molecular weight excluding hydrogens is 277 g/mol. The molecule has 8 heteroatoms. The Morgan fingerprint density at radius 2 is 1.75 bits per heavy atom. The fourth-order valence-electron chi connectivity index (χ4n) is 2.89. The molecule has 5 nitrogen and oxygen atoms in total. The first-order chi connectivity index (χ1) is 9.29. The molecule has 1 saturated heterocycles. The largest absolute Gasteiger partial charge is 0.481 e. The molecule has 1 saturated carbocycles. The van der Waals surface area contributed by atoms with Gasteiger partial charge in [-0.25, -0.2) is 4.79 Å². The number of carboxylic acids is 1. The molecule has 0 aromatic carbocycles. The highest BCUT2D eigenvalue weighted by atomic mass is 19.4. The lowest BCUT2D eigenvalue weighted by atomic mass is 9.96. The number of hydrogen-bond acceptors (Lipinski definition) is 2. The van der Waals surface area contributed by atoms with Gasteiger partial charge < -0.3 is 15.3 Å². The van der Waals surface area contributed by atoms with E-state index in [2.05, 4.69) is 5.32 Å². The van der Waals surface area contributed by atoms with Crippen LogP contribution < -0.4 is 5.32 Å². The van der Waals surface area contributed by atoms with E-state index in [-0.39, 0.29) is 6.04 Å². The van der Waals surface area contributed by atoms with E-state index in [1.165, 1.54) is 0 Å². The van der Waals surface area contributed by atoms with E-state index in [1.807, 2.05) is 0 Å². The Bertz CT molecular complexity index is 394. The Morgan fingerprint density at radius 1 is 1.15 bits per heavy atom. The van der Waals surface area contributed by atoms with Gasteiger partial charge in [-0.2, -0.15) is 13.2 Å². The lowest BCUT2D eigenvalue weighted by Crippen LogP contribution is -2.43. The van der Waals surface area contributed by atoms with Crippen molar-refractivity contribution in [3.63, 3.8) is 0 Å². The van der Waals surface area contributed by atoms with Crippen LogP contribution in [0.15, 0.2) is 0 Å². The second-order valence-electron chi connectivity index (χ2n) is 5.43. The highest BCUT2D eigenvalue weighted by molar-refractivity contribution is 5.78. The number of alkyl halides is 3. The van der Waals surface area contributed by atoms with Crippen molar-refractivity contribution in [1.29, 1.82) is 0 Å². The van der Waals surface area contributed by atoms with E-state index in [9.17, 15) is 22.8 Å². The Morgan fingerprint density at radius 3 is 2.20 bits per heavy atom. The summed E-state index contributed by atoms with van der Waals surface area (Å²) in [6.45, 7) is -0.975. The summed E-state index contributed by atoms with van der Waals surface area (Å²) >= 11 is 0. The predicted octanol–water partition coefficient (Wildman–Crippen LogP) is 1.83. The molecule has 2 atom stereocenters. The Kier molecular flexibility index (Phi) is 4.10. The van der Waals surface area contributed by atoms with E-state index in [4.69, 9.17) is 5.11 Å². The van der Waals surface area contributed by atoms with Crippen molar-refractivity contribution >= 4 is 12.0 Å². The summed E-state index contributed by atoms with van der Waals surface area (Å²) < 4.78 is 38.4. The zero-order valence-electron chi connectivity index (χ0n) is 10.8. The Hall–Kier alpha value is -1.47. The molecule has 0 unspecified atom stereocenters. The maximum absolute atomic E-state index is 12.8. The maximum atomic E-state index is 12.8. The third-order valence-corrected chi connectivity index (χ3v) is 4.03. The number of halogens is 3. The number of hydrogen-bond donors (Lipinski definition) is 2. The minimum Gasteiger partial charge on any atom is -0.481 e. The topological polar surface area (TPSA) is 69.6 Å². The third kappa shape index (κ3) is 3.16. The van der Waals surface area contributed by atoms with Crippen LogP contribution in [0.25, 0.3) is 0 Å². The van der Waals surface area contributed by atoms with E-state index in [1.54, 1.807) is 0 Å². The SMILES string of the molecule is O=C(O)[C@@H]1CN(C(=O)NC2CCCC2)C[C@H]1C(F)(F)F. The van der Waals surface area contributed by atoms with Gasteiger partial charge in [-0.1, -0.05) is 12.8 Å². The molecular formula is C12H17F3N2O3. The van der Waals surface area contributed by atoms with E-state index in [0.717, 1.165) is 30.6 Å². The number of urea groups is 1. The molecule has 2 aliphatic rings. The van der Waals surface area contributed by atoms with Crippen LogP contribution in [0.2, 0.25) is 0 Å². The second-order valence-corrected chi connectivity index (χ2v) is 5.43. The van der Waals surface area contributed by atoms with Crippen LogP contribution in [-0.2, 0) is 4.79 Å². The monoisotopic (exact) mass is 294 g/mol. The number of nitrogens with zero attached hydrogens (tertiary/aromatic N) is 1. The van der Waals surface area contributed by atoms with Crippen molar-refractivity contribution in [1.82, 2.24) is 10.2 Å². The van der Waals surface area contributed by atoms with Crippen molar-refractivity contribution in [2.45, 2.75) is 37.9 Å². The van der Waals surface area contributed by atoms with Gasteiger partial charge in [-0.15, -0.1) is 0 Å². The molecule has 0 bridgehead atoms. The van der Waals surface area contributed by atoms with Crippen molar-refractivity contribution < 1.29 is 27.9 Å². The molecule has 20 heavy (non-hydrogen) atoms. The van der Waals surface area contributed by atoms with Gasteiger partial charge in [0.05, 0.1) is 11.8 Å². The molecule has 1 aliphatic heterocycles. The third-order valence-electron chi connectivity index (χ3n) is 4.03. The van der Waals surface area contributed by atoms with Gasteiger partial charge in [0, 0.05) is 19.1 Å². The summed E-state index contributed by atoms with van der Waals surface area (Å²) in [6, 6.07) is -0.592.